The molecule has 1 aliphatic heterocycles. The molecule has 0 amide bonds. The largest absolute Gasteiger partial charge is 0.486 e. The highest BCUT2D eigenvalue weighted by Crippen LogP contribution is 2.35. The zero-order chi connectivity index (χ0) is 12.5. The second-order valence-electron chi connectivity index (χ2n) is 4.38. The minimum Gasteiger partial charge on any atom is -0.486 e. The Balaban J connectivity index is 2.33. The van der Waals surface area contributed by atoms with E-state index in [9.17, 15) is 5.11 Å². The topological polar surface area (TPSA) is 47.9 Å². The monoisotopic (exact) mass is 238 g/mol. The van der Waals surface area contributed by atoms with Crippen molar-refractivity contribution in [2.45, 2.75) is 25.6 Å². The Morgan fingerprint density at radius 2 is 1.94 bits per heavy atom. The van der Waals surface area contributed by atoms with Crippen molar-refractivity contribution in [2.75, 3.05) is 20.3 Å². The van der Waals surface area contributed by atoms with Crippen LogP contribution in [0, 0.1) is 0 Å². The van der Waals surface area contributed by atoms with E-state index in [-0.39, 0.29) is 6.10 Å². The Morgan fingerprint density at radius 1 is 1.29 bits per heavy atom. The molecule has 0 spiro atoms. The number of hydrogen-bond acceptors (Lipinski definition) is 4. The molecule has 0 saturated heterocycles. The fourth-order valence-corrected chi connectivity index (χ4v) is 1.82. The van der Waals surface area contributed by atoms with E-state index in [0.717, 1.165) is 11.3 Å². The number of rotatable bonds is 3. The van der Waals surface area contributed by atoms with E-state index in [0.29, 0.717) is 19.0 Å². The van der Waals surface area contributed by atoms with Crippen LogP contribution in [0.3, 0.4) is 0 Å². The molecule has 1 aliphatic rings. The van der Waals surface area contributed by atoms with Gasteiger partial charge in [0.05, 0.1) is 6.10 Å². The van der Waals surface area contributed by atoms with Crippen LogP contribution in [0.15, 0.2) is 18.2 Å². The maximum Gasteiger partial charge on any atom is 0.161 e. The Bertz CT molecular complexity index is 400. The first-order chi connectivity index (χ1) is 8.05. The van der Waals surface area contributed by atoms with Gasteiger partial charge >= 0.3 is 0 Å². The summed E-state index contributed by atoms with van der Waals surface area (Å²) in [6.07, 6.45) is -0.301. The molecular formula is C13H18O4. The molecule has 0 saturated carbocycles. The summed E-state index contributed by atoms with van der Waals surface area (Å²) in [6, 6.07) is 5.47. The summed E-state index contributed by atoms with van der Waals surface area (Å²) in [4.78, 5) is 0. The summed E-state index contributed by atoms with van der Waals surface area (Å²) in [5, 5.41) is 10.4. The lowest BCUT2D eigenvalue weighted by Crippen LogP contribution is -2.35. The van der Waals surface area contributed by atoms with Crippen LogP contribution >= 0.6 is 0 Å². The van der Waals surface area contributed by atoms with Crippen LogP contribution in [-0.2, 0) is 10.3 Å². The normalized spacial score (nSPS) is 19.5. The van der Waals surface area contributed by atoms with Crippen molar-refractivity contribution in [3.05, 3.63) is 23.8 Å². The number of ether oxygens (including phenoxy) is 3. The van der Waals surface area contributed by atoms with Crippen molar-refractivity contribution in [2.24, 2.45) is 0 Å². The molecule has 1 aromatic carbocycles. The van der Waals surface area contributed by atoms with E-state index < -0.39 is 5.60 Å². The summed E-state index contributed by atoms with van der Waals surface area (Å²) in [7, 11) is 1.58. The zero-order valence-electron chi connectivity index (χ0n) is 10.4. The summed E-state index contributed by atoms with van der Waals surface area (Å²) in [6.45, 7) is 4.67. The van der Waals surface area contributed by atoms with Gasteiger partial charge in [0.1, 0.15) is 18.8 Å². The molecule has 0 radical (unpaired) electrons. The molecule has 1 N–H and O–H groups in total. The van der Waals surface area contributed by atoms with Gasteiger partial charge in [0.15, 0.2) is 11.5 Å². The van der Waals surface area contributed by atoms with E-state index in [1.54, 1.807) is 14.0 Å². The fourth-order valence-electron chi connectivity index (χ4n) is 1.82. The van der Waals surface area contributed by atoms with Crippen molar-refractivity contribution in [1.82, 2.24) is 0 Å². The van der Waals surface area contributed by atoms with E-state index >= 15 is 0 Å². The summed E-state index contributed by atoms with van der Waals surface area (Å²) >= 11 is 0. The van der Waals surface area contributed by atoms with Crippen molar-refractivity contribution >= 4 is 0 Å². The lowest BCUT2D eigenvalue weighted by atomic mass is 9.90. The molecule has 0 aromatic heterocycles. The van der Waals surface area contributed by atoms with Gasteiger partial charge < -0.3 is 19.3 Å². The fraction of sp³-hybridized carbons (Fsp3) is 0.538. The van der Waals surface area contributed by atoms with Crippen LogP contribution in [0.1, 0.15) is 19.4 Å². The first-order valence-electron chi connectivity index (χ1n) is 5.71. The van der Waals surface area contributed by atoms with E-state index in [1.165, 1.54) is 0 Å². The molecule has 2 rings (SSSR count). The Labute approximate surface area is 101 Å². The number of aliphatic hydroxyl groups is 1. The Kier molecular flexibility index (Phi) is 3.26. The molecule has 1 aromatic rings. The smallest absolute Gasteiger partial charge is 0.161 e. The second kappa shape index (κ2) is 4.55. The van der Waals surface area contributed by atoms with Crippen molar-refractivity contribution in [1.29, 1.82) is 0 Å². The van der Waals surface area contributed by atoms with E-state index in [2.05, 4.69) is 0 Å². The van der Waals surface area contributed by atoms with Gasteiger partial charge in [0, 0.05) is 7.11 Å². The molecule has 0 fully saturated rings. The van der Waals surface area contributed by atoms with E-state index in [1.807, 2.05) is 25.1 Å². The highest BCUT2D eigenvalue weighted by Gasteiger charge is 2.31. The van der Waals surface area contributed by atoms with Gasteiger partial charge in [0.25, 0.3) is 0 Å². The van der Waals surface area contributed by atoms with Crippen molar-refractivity contribution < 1.29 is 19.3 Å². The molecule has 94 valence electrons. The molecule has 4 nitrogen and oxygen atoms in total. The van der Waals surface area contributed by atoms with Gasteiger partial charge in [-0.3, -0.25) is 0 Å². The second-order valence-corrected chi connectivity index (χ2v) is 4.38. The standard InChI is InChI=1S/C13H18O4/c1-9(15-3)13(2,14)10-4-5-11-12(8-10)17-7-6-16-11/h4-5,8-9,14H,6-7H2,1-3H3. The molecule has 4 heteroatoms. The van der Waals surface area contributed by atoms with Crippen molar-refractivity contribution in [3.63, 3.8) is 0 Å². The van der Waals surface area contributed by atoms with Crippen LogP contribution < -0.4 is 9.47 Å². The van der Waals surface area contributed by atoms with Gasteiger partial charge in [-0.25, -0.2) is 0 Å². The van der Waals surface area contributed by atoms with Crippen molar-refractivity contribution in [3.8, 4) is 11.5 Å². The van der Waals surface area contributed by atoms with Gasteiger partial charge in [-0.05, 0) is 31.5 Å². The zero-order valence-corrected chi connectivity index (χ0v) is 10.4. The first-order valence-corrected chi connectivity index (χ1v) is 5.71. The molecule has 0 aliphatic carbocycles. The Morgan fingerprint density at radius 3 is 2.59 bits per heavy atom. The quantitative estimate of drug-likeness (QED) is 0.870. The number of methoxy groups -OCH3 is 1. The van der Waals surface area contributed by atoms with Crippen LogP contribution in [0.5, 0.6) is 11.5 Å². The average molecular weight is 238 g/mol. The van der Waals surface area contributed by atoms with Crippen LogP contribution in [0.2, 0.25) is 0 Å². The minimum atomic E-state index is -1.05. The van der Waals surface area contributed by atoms with E-state index in [4.69, 9.17) is 14.2 Å². The van der Waals surface area contributed by atoms with Gasteiger partial charge in [-0.2, -0.15) is 0 Å². The summed E-state index contributed by atoms with van der Waals surface area (Å²) in [5.74, 6) is 1.40. The molecular weight excluding hydrogens is 220 g/mol. The lowest BCUT2D eigenvalue weighted by Gasteiger charge is -2.30. The van der Waals surface area contributed by atoms with Crippen LogP contribution in [0.25, 0.3) is 0 Å². The third kappa shape index (κ3) is 2.23. The molecule has 2 atom stereocenters. The number of fused-ring (bicyclic) bond motifs is 1. The summed E-state index contributed by atoms with van der Waals surface area (Å²) in [5.41, 5.74) is -0.291. The van der Waals surface area contributed by atoms with Gasteiger partial charge in [-0.15, -0.1) is 0 Å². The number of benzene rings is 1. The molecule has 0 bridgehead atoms. The SMILES string of the molecule is COC(C)C(C)(O)c1ccc2c(c1)OCCO2. The molecule has 1 heterocycles. The first kappa shape index (κ1) is 12.2. The average Bonchev–Trinajstić information content (AvgIpc) is 2.37. The van der Waals surface area contributed by atoms with Crippen LogP contribution in [-0.4, -0.2) is 31.5 Å². The molecule has 2 unspecified atom stereocenters. The summed E-state index contributed by atoms with van der Waals surface area (Å²) < 4.78 is 16.1. The lowest BCUT2D eigenvalue weighted by molar-refractivity contribution is -0.0773. The highest BCUT2D eigenvalue weighted by atomic mass is 16.6. The third-order valence-corrected chi connectivity index (χ3v) is 3.27. The third-order valence-electron chi connectivity index (χ3n) is 3.27. The number of hydrogen-bond donors (Lipinski definition) is 1. The van der Waals surface area contributed by atoms with Crippen LogP contribution in [0.4, 0.5) is 0 Å². The van der Waals surface area contributed by atoms with Gasteiger partial charge in [-0.1, -0.05) is 6.07 Å². The maximum absolute atomic E-state index is 10.4. The highest BCUT2D eigenvalue weighted by molar-refractivity contribution is 5.45. The van der Waals surface area contributed by atoms with Gasteiger partial charge in [0.2, 0.25) is 0 Å². The molecule has 17 heavy (non-hydrogen) atoms. The maximum atomic E-state index is 10.4. The predicted molar refractivity (Wildman–Crippen MR) is 63.5 cm³/mol. The minimum absolute atomic E-state index is 0.301. The predicted octanol–water partition coefficient (Wildman–Crippen LogP) is 1.70. The Hall–Kier alpha value is -1.26.